The van der Waals surface area contributed by atoms with E-state index in [1.54, 1.807) is 12.1 Å². The highest BCUT2D eigenvalue weighted by Gasteiger charge is 2.26. The van der Waals surface area contributed by atoms with Crippen LogP contribution in [0.5, 0.6) is 0 Å². The molecule has 1 unspecified atom stereocenters. The van der Waals surface area contributed by atoms with E-state index in [4.69, 9.17) is 0 Å². The molecule has 1 nitrogen and oxygen atoms in total. The van der Waals surface area contributed by atoms with Crippen LogP contribution in [-0.4, -0.2) is 11.3 Å². The maximum absolute atomic E-state index is 11.9. The molecule has 0 saturated carbocycles. The van der Waals surface area contributed by atoms with Gasteiger partial charge in [-0.15, -0.1) is 0 Å². The Morgan fingerprint density at radius 1 is 1.18 bits per heavy atom. The summed E-state index contributed by atoms with van der Waals surface area (Å²) in [5.74, 6) is 0. The van der Waals surface area contributed by atoms with Gasteiger partial charge in [0.2, 0.25) is 0 Å². The predicted octanol–water partition coefficient (Wildman–Crippen LogP) is 4.02. The Kier molecular flexibility index (Phi) is 5.00. The third-order valence-electron chi connectivity index (χ3n) is 2.71. The van der Waals surface area contributed by atoms with E-state index in [2.05, 4.69) is 0 Å². The first-order valence-corrected chi connectivity index (χ1v) is 5.76. The van der Waals surface area contributed by atoms with Crippen molar-refractivity contribution >= 4 is 0 Å². The van der Waals surface area contributed by atoms with Gasteiger partial charge in [-0.3, -0.25) is 0 Å². The van der Waals surface area contributed by atoms with Crippen molar-refractivity contribution in [2.24, 2.45) is 0 Å². The van der Waals surface area contributed by atoms with Crippen molar-refractivity contribution in [1.82, 2.24) is 0 Å². The highest BCUT2D eigenvalue weighted by atomic mass is 19.4. The zero-order valence-electron chi connectivity index (χ0n) is 9.80. The highest BCUT2D eigenvalue weighted by Crippen LogP contribution is 2.26. The molecule has 0 fully saturated rings. The van der Waals surface area contributed by atoms with Crippen molar-refractivity contribution in [2.75, 3.05) is 0 Å². The molecule has 0 spiro atoms. The van der Waals surface area contributed by atoms with Crippen LogP contribution in [-0.2, 0) is 6.42 Å². The lowest BCUT2D eigenvalue weighted by atomic mass is 10.0. The first kappa shape index (κ1) is 14.0. The smallest absolute Gasteiger partial charge is 0.388 e. The van der Waals surface area contributed by atoms with Crippen molar-refractivity contribution in [1.29, 1.82) is 0 Å². The van der Waals surface area contributed by atoms with Gasteiger partial charge in [-0.1, -0.05) is 31.2 Å². The number of rotatable bonds is 5. The van der Waals surface area contributed by atoms with Crippen LogP contribution in [0.15, 0.2) is 24.3 Å². The second-order valence-electron chi connectivity index (χ2n) is 4.12. The number of benzene rings is 1. The van der Waals surface area contributed by atoms with Crippen LogP contribution in [0.4, 0.5) is 13.2 Å². The van der Waals surface area contributed by atoms with Gasteiger partial charge in [-0.2, -0.15) is 13.2 Å². The highest BCUT2D eigenvalue weighted by molar-refractivity contribution is 5.23. The molecule has 17 heavy (non-hydrogen) atoms. The van der Waals surface area contributed by atoms with Crippen LogP contribution in [0, 0.1) is 0 Å². The Morgan fingerprint density at radius 3 is 2.24 bits per heavy atom. The van der Waals surface area contributed by atoms with Gasteiger partial charge in [0.15, 0.2) is 0 Å². The summed E-state index contributed by atoms with van der Waals surface area (Å²) in [4.78, 5) is 0. The van der Waals surface area contributed by atoms with Gasteiger partial charge in [0, 0.05) is 6.42 Å². The maximum Gasteiger partial charge on any atom is 0.389 e. The average Bonchev–Trinajstić information content (AvgIpc) is 2.27. The number of aryl methyl sites for hydroxylation is 1. The van der Waals surface area contributed by atoms with Crippen molar-refractivity contribution in [3.63, 3.8) is 0 Å². The lowest BCUT2D eigenvalue weighted by molar-refractivity contribution is -0.136. The number of halogens is 3. The van der Waals surface area contributed by atoms with Crippen LogP contribution >= 0.6 is 0 Å². The fourth-order valence-electron chi connectivity index (χ4n) is 1.64. The fourth-order valence-corrected chi connectivity index (χ4v) is 1.64. The SMILES string of the molecule is CCc1ccc(C(O)CCCC(F)(F)F)cc1. The van der Waals surface area contributed by atoms with E-state index in [-0.39, 0.29) is 12.8 Å². The van der Waals surface area contributed by atoms with E-state index in [1.807, 2.05) is 19.1 Å². The van der Waals surface area contributed by atoms with E-state index in [9.17, 15) is 18.3 Å². The fraction of sp³-hybridized carbons (Fsp3) is 0.538. The lowest BCUT2D eigenvalue weighted by Gasteiger charge is -2.12. The Labute approximate surface area is 99.3 Å². The molecule has 0 aliphatic heterocycles. The van der Waals surface area contributed by atoms with Gasteiger partial charge >= 0.3 is 6.18 Å². The molecule has 0 radical (unpaired) electrons. The molecular formula is C13H17F3O. The number of aliphatic hydroxyl groups excluding tert-OH is 1. The molecule has 1 N–H and O–H groups in total. The zero-order chi connectivity index (χ0) is 12.9. The Balaban J connectivity index is 2.43. The van der Waals surface area contributed by atoms with E-state index >= 15 is 0 Å². The molecule has 4 heteroatoms. The van der Waals surface area contributed by atoms with Gasteiger partial charge in [0.1, 0.15) is 0 Å². The van der Waals surface area contributed by atoms with E-state index in [0.29, 0.717) is 5.56 Å². The minimum atomic E-state index is -4.13. The lowest BCUT2D eigenvalue weighted by Crippen LogP contribution is -2.08. The number of alkyl halides is 3. The van der Waals surface area contributed by atoms with Crippen LogP contribution in [0.25, 0.3) is 0 Å². The molecule has 0 aliphatic carbocycles. The molecule has 0 amide bonds. The van der Waals surface area contributed by atoms with E-state index in [1.165, 1.54) is 0 Å². The second kappa shape index (κ2) is 6.05. The normalized spacial score (nSPS) is 13.7. The largest absolute Gasteiger partial charge is 0.389 e. The summed E-state index contributed by atoms with van der Waals surface area (Å²) in [6, 6.07) is 7.33. The second-order valence-corrected chi connectivity index (χ2v) is 4.12. The Bertz CT molecular complexity index is 330. The molecular weight excluding hydrogens is 229 g/mol. The van der Waals surface area contributed by atoms with Gasteiger partial charge in [-0.05, 0) is 30.4 Å². The zero-order valence-corrected chi connectivity index (χ0v) is 9.80. The van der Waals surface area contributed by atoms with Crippen molar-refractivity contribution in [2.45, 2.75) is 44.9 Å². The minimum Gasteiger partial charge on any atom is -0.388 e. The maximum atomic E-state index is 11.9. The van der Waals surface area contributed by atoms with E-state index in [0.717, 1.165) is 12.0 Å². The Morgan fingerprint density at radius 2 is 1.76 bits per heavy atom. The molecule has 0 saturated heterocycles. The molecule has 1 aromatic rings. The van der Waals surface area contributed by atoms with Gasteiger partial charge < -0.3 is 5.11 Å². The topological polar surface area (TPSA) is 20.2 Å². The van der Waals surface area contributed by atoms with Gasteiger partial charge in [-0.25, -0.2) is 0 Å². The summed E-state index contributed by atoms with van der Waals surface area (Å²) in [5, 5.41) is 9.71. The molecule has 1 atom stereocenters. The molecule has 96 valence electrons. The molecule has 0 bridgehead atoms. The first-order chi connectivity index (χ1) is 7.92. The minimum absolute atomic E-state index is 0.0415. The van der Waals surface area contributed by atoms with E-state index < -0.39 is 18.7 Å². The van der Waals surface area contributed by atoms with Gasteiger partial charge in [0.25, 0.3) is 0 Å². The van der Waals surface area contributed by atoms with Crippen LogP contribution in [0.2, 0.25) is 0 Å². The Hall–Kier alpha value is -1.03. The summed E-state index contributed by atoms with van der Waals surface area (Å²) in [6.45, 7) is 2.02. The van der Waals surface area contributed by atoms with Crippen LogP contribution in [0.3, 0.4) is 0 Å². The van der Waals surface area contributed by atoms with Gasteiger partial charge in [0.05, 0.1) is 6.10 Å². The van der Waals surface area contributed by atoms with Crippen LogP contribution in [0.1, 0.15) is 43.4 Å². The van der Waals surface area contributed by atoms with Crippen molar-refractivity contribution in [3.8, 4) is 0 Å². The van der Waals surface area contributed by atoms with Crippen molar-refractivity contribution in [3.05, 3.63) is 35.4 Å². The summed E-state index contributed by atoms with van der Waals surface area (Å²) in [5.41, 5.74) is 1.83. The first-order valence-electron chi connectivity index (χ1n) is 5.76. The summed E-state index contributed by atoms with van der Waals surface area (Å²) in [7, 11) is 0. The predicted molar refractivity (Wildman–Crippen MR) is 60.7 cm³/mol. The van der Waals surface area contributed by atoms with Crippen molar-refractivity contribution < 1.29 is 18.3 Å². The number of aliphatic hydroxyl groups is 1. The summed E-state index contributed by atoms with van der Waals surface area (Å²) in [6.07, 6.45) is -4.76. The summed E-state index contributed by atoms with van der Waals surface area (Å²) < 4.78 is 35.8. The molecule has 1 rings (SSSR count). The number of hydrogen-bond donors (Lipinski definition) is 1. The standard InChI is InChI=1S/C13H17F3O/c1-2-10-5-7-11(8-6-10)12(17)4-3-9-13(14,15)16/h5-8,12,17H,2-4,9H2,1H3. The molecule has 0 heterocycles. The monoisotopic (exact) mass is 246 g/mol. The number of hydrogen-bond acceptors (Lipinski definition) is 1. The third-order valence-corrected chi connectivity index (χ3v) is 2.71. The molecule has 1 aromatic carbocycles. The quantitative estimate of drug-likeness (QED) is 0.832. The molecule has 0 aliphatic rings. The molecule has 0 aromatic heterocycles. The summed E-state index contributed by atoms with van der Waals surface area (Å²) >= 11 is 0. The third kappa shape index (κ3) is 5.22. The van der Waals surface area contributed by atoms with Crippen LogP contribution < -0.4 is 0 Å². The average molecular weight is 246 g/mol.